The molecule has 3 rings (SSSR count). The van der Waals surface area contributed by atoms with Gasteiger partial charge in [0.25, 0.3) is 11.8 Å². The first kappa shape index (κ1) is 22.0. The van der Waals surface area contributed by atoms with E-state index in [9.17, 15) is 9.59 Å². The minimum Gasteiger partial charge on any atom is -0.356 e. The number of nitrogens with one attached hydrogen (secondary N) is 2. The van der Waals surface area contributed by atoms with Crippen LogP contribution in [0.2, 0.25) is 0 Å². The van der Waals surface area contributed by atoms with E-state index >= 15 is 0 Å². The third-order valence-electron chi connectivity index (χ3n) is 5.62. The number of likely N-dealkylation sites (tertiary alicyclic amines) is 1. The van der Waals surface area contributed by atoms with Crippen molar-refractivity contribution in [1.29, 1.82) is 0 Å². The number of piperidine rings is 1. The van der Waals surface area contributed by atoms with Crippen molar-refractivity contribution in [2.45, 2.75) is 38.6 Å². The normalized spacial score (nSPS) is 17.9. The minimum atomic E-state index is -0.181. The summed E-state index contributed by atoms with van der Waals surface area (Å²) in [6, 6.07) is 7.45. The quantitative estimate of drug-likeness (QED) is 0.226. The van der Waals surface area contributed by atoms with Crippen molar-refractivity contribution in [3.05, 3.63) is 47.5 Å². The molecular formula is C23H33N5O2. The Morgan fingerprint density at radius 3 is 2.33 bits per heavy atom. The van der Waals surface area contributed by atoms with E-state index in [4.69, 9.17) is 0 Å². The number of imide groups is 1. The SMILES string of the molecule is C=C(C)CN1CCC(NC(=NC)NCCCCN2C(=O)c3ccccc3C2=O)CC1. The number of hydrogen-bond donors (Lipinski definition) is 2. The molecule has 1 aromatic carbocycles. The Labute approximate surface area is 179 Å². The fourth-order valence-electron chi connectivity index (χ4n) is 4.05. The molecule has 0 bridgehead atoms. The zero-order valence-electron chi connectivity index (χ0n) is 18.1. The van der Waals surface area contributed by atoms with Gasteiger partial charge in [0.2, 0.25) is 0 Å². The molecule has 0 spiro atoms. The van der Waals surface area contributed by atoms with E-state index in [0.29, 0.717) is 23.7 Å². The Kier molecular flexibility index (Phi) is 7.63. The number of nitrogens with zero attached hydrogens (tertiary/aromatic N) is 3. The van der Waals surface area contributed by atoms with Gasteiger partial charge in [-0.05, 0) is 44.7 Å². The van der Waals surface area contributed by atoms with Crippen LogP contribution >= 0.6 is 0 Å². The van der Waals surface area contributed by atoms with Gasteiger partial charge in [-0.15, -0.1) is 0 Å². The molecule has 7 nitrogen and oxygen atoms in total. The lowest BCUT2D eigenvalue weighted by atomic mass is 10.0. The lowest BCUT2D eigenvalue weighted by Gasteiger charge is -2.33. The Morgan fingerprint density at radius 1 is 1.13 bits per heavy atom. The van der Waals surface area contributed by atoms with Crippen LogP contribution in [0.3, 0.4) is 0 Å². The number of carbonyl (C=O) groups is 2. The number of hydrogen-bond acceptors (Lipinski definition) is 4. The van der Waals surface area contributed by atoms with Gasteiger partial charge in [0.1, 0.15) is 0 Å². The molecular weight excluding hydrogens is 378 g/mol. The number of guanidine groups is 1. The molecule has 0 aliphatic carbocycles. The summed E-state index contributed by atoms with van der Waals surface area (Å²) < 4.78 is 0. The lowest BCUT2D eigenvalue weighted by Crippen LogP contribution is -2.49. The van der Waals surface area contributed by atoms with Gasteiger partial charge in [-0.2, -0.15) is 0 Å². The van der Waals surface area contributed by atoms with Gasteiger partial charge >= 0.3 is 0 Å². The predicted molar refractivity (Wildman–Crippen MR) is 120 cm³/mol. The summed E-state index contributed by atoms with van der Waals surface area (Å²) in [5.74, 6) is 0.451. The van der Waals surface area contributed by atoms with E-state index in [2.05, 4.69) is 34.0 Å². The van der Waals surface area contributed by atoms with Crippen LogP contribution in [-0.2, 0) is 0 Å². The maximum absolute atomic E-state index is 12.4. The van der Waals surface area contributed by atoms with Gasteiger partial charge < -0.3 is 10.6 Å². The molecule has 2 aliphatic rings. The van der Waals surface area contributed by atoms with Gasteiger partial charge in [-0.1, -0.05) is 24.3 Å². The summed E-state index contributed by atoms with van der Waals surface area (Å²) >= 11 is 0. The van der Waals surface area contributed by atoms with Crippen molar-refractivity contribution in [3.63, 3.8) is 0 Å². The van der Waals surface area contributed by atoms with Crippen LogP contribution in [0.4, 0.5) is 0 Å². The summed E-state index contributed by atoms with van der Waals surface area (Å²) in [6.07, 6.45) is 3.79. The standard InChI is InChI=1S/C23H33N5O2/c1-17(2)16-27-14-10-18(11-15-27)26-23(24-3)25-12-6-7-13-28-21(29)19-8-4-5-9-20(19)22(28)30/h4-5,8-9,18H,1,6-7,10-16H2,2-3H3,(H2,24,25,26). The first-order valence-corrected chi connectivity index (χ1v) is 10.8. The number of amides is 2. The van der Waals surface area contributed by atoms with Crippen molar-refractivity contribution in [2.75, 3.05) is 39.8 Å². The smallest absolute Gasteiger partial charge is 0.261 e. The van der Waals surface area contributed by atoms with E-state index < -0.39 is 0 Å². The zero-order valence-corrected chi connectivity index (χ0v) is 18.1. The van der Waals surface area contributed by atoms with E-state index in [1.54, 1.807) is 31.3 Å². The van der Waals surface area contributed by atoms with Gasteiger partial charge in [-0.3, -0.25) is 24.4 Å². The molecule has 7 heteroatoms. The summed E-state index contributed by atoms with van der Waals surface area (Å²) in [4.78, 5) is 32.9. The average Bonchev–Trinajstić information content (AvgIpc) is 2.98. The fourth-order valence-corrected chi connectivity index (χ4v) is 4.05. The third kappa shape index (κ3) is 5.48. The highest BCUT2D eigenvalue weighted by atomic mass is 16.2. The number of unbranched alkanes of at least 4 members (excludes halogenated alkanes) is 1. The predicted octanol–water partition coefficient (Wildman–Crippen LogP) is 2.27. The Morgan fingerprint density at radius 2 is 1.77 bits per heavy atom. The number of fused-ring (bicyclic) bond motifs is 1. The molecule has 2 heterocycles. The van der Waals surface area contributed by atoms with Crippen LogP contribution < -0.4 is 10.6 Å². The minimum absolute atomic E-state index is 0.181. The molecule has 0 saturated carbocycles. The number of carbonyl (C=O) groups excluding carboxylic acids is 2. The van der Waals surface area contributed by atoms with Crippen molar-refractivity contribution in [3.8, 4) is 0 Å². The van der Waals surface area contributed by atoms with Gasteiger partial charge in [0.15, 0.2) is 5.96 Å². The molecule has 0 aromatic heterocycles. The summed E-state index contributed by atoms with van der Waals surface area (Å²) in [5, 5.41) is 6.86. The van der Waals surface area contributed by atoms with E-state index in [-0.39, 0.29) is 11.8 Å². The topological polar surface area (TPSA) is 77.0 Å². The zero-order chi connectivity index (χ0) is 21.5. The molecule has 1 aromatic rings. The molecule has 1 fully saturated rings. The second-order valence-electron chi connectivity index (χ2n) is 8.17. The maximum Gasteiger partial charge on any atom is 0.261 e. The number of rotatable bonds is 8. The van der Waals surface area contributed by atoms with E-state index in [1.807, 2.05) is 0 Å². The first-order valence-electron chi connectivity index (χ1n) is 10.8. The highest BCUT2D eigenvalue weighted by Gasteiger charge is 2.34. The van der Waals surface area contributed by atoms with Gasteiger partial charge in [-0.25, -0.2) is 0 Å². The molecule has 2 amide bonds. The van der Waals surface area contributed by atoms with Crippen molar-refractivity contribution >= 4 is 17.8 Å². The molecule has 2 N–H and O–H groups in total. The Balaban J connectivity index is 1.34. The molecule has 2 aliphatic heterocycles. The van der Waals surface area contributed by atoms with Crippen LogP contribution in [0.15, 0.2) is 41.4 Å². The molecule has 30 heavy (non-hydrogen) atoms. The van der Waals surface area contributed by atoms with Crippen molar-refractivity contribution in [1.82, 2.24) is 20.4 Å². The van der Waals surface area contributed by atoms with Crippen LogP contribution in [0.1, 0.15) is 53.3 Å². The van der Waals surface area contributed by atoms with Crippen LogP contribution in [0, 0.1) is 0 Å². The number of benzene rings is 1. The monoisotopic (exact) mass is 411 g/mol. The molecule has 0 radical (unpaired) electrons. The Hall–Kier alpha value is -2.67. The second-order valence-corrected chi connectivity index (χ2v) is 8.17. The molecule has 162 valence electrons. The highest BCUT2D eigenvalue weighted by molar-refractivity contribution is 6.21. The van der Waals surface area contributed by atoms with E-state index in [0.717, 1.165) is 57.8 Å². The lowest BCUT2D eigenvalue weighted by molar-refractivity contribution is 0.0652. The van der Waals surface area contributed by atoms with Crippen LogP contribution in [0.25, 0.3) is 0 Å². The van der Waals surface area contributed by atoms with Gasteiger partial charge in [0.05, 0.1) is 11.1 Å². The summed E-state index contributed by atoms with van der Waals surface area (Å²) in [7, 11) is 1.78. The number of aliphatic imine (C=N–C) groups is 1. The summed E-state index contributed by atoms with van der Waals surface area (Å²) in [6.45, 7) is 10.4. The van der Waals surface area contributed by atoms with Crippen LogP contribution in [0.5, 0.6) is 0 Å². The van der Waals surface area contributed by atoms with Crippen molar-refractivity contribution in [2.24, 2.45) is 4.99 Å². The first-order chi connectivity index (χ1) is 14.5. The van der Waals surface area contributed by atoms with Crippen molar-refractivity contribution < 1.29 is 9.59 Å². The molecule has 0 unspecified atom stereocenters. The highest BCUT2D eigenvalue weighted by Crippen LogP contribution is 2.22. The second kappa shape index (κ2) is 10.4. The molecule has 1 saturated heterocycles. The van der Waals surface area contributed by atoms with Gasteiger partial charge in [0, 0.05) is 45.8 Å². The van der Waals surface area contributed by atoms with E-state index in [1.165, 1.54) is 10.5 Å². The third-order valence-corrected chi connectivity index (χ3v) is 5.62. The van der Waals surface area contributed by atoms with Crippen LogP contribution in [-0.4, -0.2) is 73.4 Å². The maximum atomic E-state index is 12.4. The average molecular weight is 412 g/mol. The molecule has 0 atom stereocenters. The summed E-state index contributed by atoms with van der Waals surface area (Å²) in [5.41, 5.74) is 2.24. The largest absolute Gasteiger partial charge is 0.356 e. The fraction of sp³-hybridized carbons (Fsp3) is 0.522. The Bertz CT molecular complexity index is 777.